The van der Waals surface area contributed by atoms with Crippen LogP contribution in [0.5, 0.6) is 5.75 Å². The summed E-state index contributed by atoms with van der Waals surface area (Å²) in [6.45, 7) is 6.13. The molecule has 0 aliphatic rings. The highest BCUT2D eigenvalue weighted by molar-refractivity contribution is 9.10. The zero-order valence-corrected chi connectivity index (χ0v) is 19.7. The van der Waals surface area contributed by atoms with E-state index in [2.05, 4.69) is 41.1 Å². The first-order valence-corrected chi connectivity index (χ1v) is 11.8. The molecule has 3 aromatic rings. The number of hydrogen-bond acceptors (Lipinski definition) is 6. The minimum absolute atomic E-state index is 0.0761. The summed E-state index contributed by atoms with van der Waals surface area (Å²) in [6, 6.07) is 14.1. The number of thiazole rings is 1. The van der Waals surface area contributed by atoms with Crippen molar-refractivity contribution in [2.75, 3.05) is 13.2 Å². The SMILES string of the molecule is CCOC(=O)COc1cccc(SCc2sc(-c3ccc(Br)cc3)nc2C)c1C. The van der Waals surface area contributed by atoms with Crippen LogP contribution in [0.3, 0.4) is 0 Å². The number of carbonyl (C=O) groups excluding carboxylic acids is 1. The molecular formula is C22H22BrNO3S2. The fourth-order valence-corrected chi connectivity index (χ4v) is 5.20. The van der Waals surface area contributed by atoms with Gasteiger partial charge in [0.2, 0.25) is 0 Å². The summed E-state index contributed by atoms with van der Waals surface area (Å²) >= 11 is 6.95. The summed E-state index contributed by atoms with van der Waals surface area (Å²) < 4.78 is 11.6. The van der Waals surface area contributed by atoms with E-state index in [0.717, 1.165) is 36.9 Å². The van der Waals surface area contributed by atoms with Gasteiger partial charge in [0.25, 0.3) is 0 Å². The number of hydrogen-bond donors (Lipinski definition) is 0. The van der Waals surface area contributed by atoms with E-state index in [1.165, 1.54) is 4.88 Å². The summed E-state index contributed by atoms with van der Waals surface area (Å²) in [6.07, 6.45) is 0. The standard InChI is InChI=1S/C22H22BrNO3S2/c1-4-26-21(25)12-27-18-6-5-7-19(14(18)2)28-13-20-15(3)24-22(29-20)16-8-10-17(23)11-9-16/h5-11H,4,12-13H2,1-3H3. The van der Waals surface area contributed by atoms with Crippen molar-refractivity contribution in [2.24, 2.45) is 0 Å². The van der Waals surface area contributed by atoms with Crippen molar-refractivity contribution in [1.29, 1.82) is 0 Å². The Morgan fingerprint density at radius 3 is 2.66 bits per heavy atom. The van der Waals surface area contributed by atoms with Crippen LogP contribution in [-0.4, -0.2) is 24.2 Å². The Hall–Kier alpha value is -1.83. The Labute approximate surface area is 187 Å². The predicted molar refractivity (Wildman–Crippen MR) is 123 cm³/mol. The highest BCUT2D eigenvalue weighted by Crippen LogP contribution is 2.35. The van der Waals surface area contributed by atoms with Crippen LogP contribution in [0.25, 0.3) is 10.6 Å². The lowest BCUT2D eigenvalue weighted by atomic mass is 10.2. The molecule has 0 saturated carbocycles. The predicted octanol–water partition coefficient (Wildman–Crippen LogP) is 6.42. The van der Waals surface area contributed by atoms with E-state index in [1.54, 1.807) is 30.0 Å². The summed E-state index contributed by atoms with van der Waals surface area (Å²) in [5, 5.41) is 1.04. The van der Waals surface area contributed by atoms with E-state index >= 15 is 0 Å². The Kier molecular flexibility index (Phi) is 7.75. The maximum atomic E-state index is 11.5. The number of nitrogens with zero attached hydrogens (tertiary/aromatic N) is 1. The van der Waals surface area contributed by atoms with E-state index in [9.17, 15) is 4.79 Å². The van der Waals surface area contributed by atoms with Gasteiger partial charge >= 0.3 is 5.97 Å². The van der Waals surface area contributed by atoms with Crippen LogP contribution >= 0.6 is 39.0 Å². The molecule has 0 unspecified atom stereocenters. The van der Waals surface area contributed by atoms with Crippen LogP contribution in [0.4, 0.5) is 0 Å². The average molecular weight is 492 g/mol. The lowest BCUT2D eigenvalue weighted by molar-refractivity contribution is -0.145. The largest absolute Gasteiger partial charge is 0.482 e. The average Bonchev–Trinajstić information content (AvgIpc) is 3.07. The van der Waals surface area contributed by atoms with Gasteiger partial charge in [-0.2, -0.15) is 0 Å². The molecule has 0 atom stereocenters. The second-order valence-electron chi connectivity index (χ2n) is 6.30. The molecular weight excluding hydrogens is 470 g/mol. The molecule has 0 saturated heterocycles. The Balaban J connectivity index is 1.68. The van der Waals surface area contributed by atoms with Gasteiger partial charge in [-0.05, 0) is 45.0 Å². The van der Waals surface area contributed by atoms with Crippen molar-refractivity contribution in [1.82, 2.24) is 4.98 Å². The van der Waals surface area contributed by atoms with Crippen molar-refractivity contribution in [2.45, 2.75) is 31.4 Å². The molecule has 0 aliphatic carbocycles. The number of aryl methyl sites for hydroxylation is 1. The van der Waals surface area contributed by atoms with Gasteiger partial charge in [0, 0.05) is 31.1 Å². The van der Waals surface area contributed by atoms with E-state index in [0.29, 0.717) is 12.4 Å². The molecule has 1 heterocycles. The van der Waals surface area contributed by atoms with Gasteiger partial charge in [0.05, 0.1) is 12.3 Å². The number of benzene rings is 2. The molecule has 1 aromatic heterocycles. The molecule has 0 spiro atoms. The normalized spacial score (nSPS) is 10.8. The number of thioether (sulfide) groups is 1. The maximum Gasteiger partial charge on any atom is 0.344 e. The first-order chi connectivity index (χ1) is 14.0. The van der Waals surface area contributed by atoms with Crippen LogP contribution in [0.15, 0.2) is 51.8 Å². The zero-order valence-electron chi connectivity index (χ0n) is 16.5. The lowest BCUT2D eigenvalue weighted by Gasteiger charge is -2.12. The number of carbonyl (C=O) groups is 1. The van der Waals surface area contributed by atoms with E-state index in [1.807, 2.05) is 31.2 Å². The van der Waals surface area contributed by atoms with Crippen molar-refractivity contribution in [3.05, 3.63) is 63.1 Å². The van der Waals surface area contributed by atoms with Gasteiger partial charge in [-0.25, -0.2) is 9.78 Å². The van der Waals surface area contributed by atoms with Gasteiger partial charge in [-0.1, -0.05) is 34.1 Å². The fraction of sp³-hybridized carbons (Fsp3) is 0.273. The van der Waals surface area contributed by atoms with E-state index < -0.39 is 0 Å². The van der Waals surface area contributed by atoms with Crippen molar-refractivity contribution >= 4 is 45.0 Å². The third-order valence-corrected chi connectivity index (χ3v) is 7.33. The molecule has 0 amide bonds. The number of halogens is 1. The van der Waals surface area contributed by atoms with Gasteiger partial charge in [0.15, 0.2) is 6.61 Å². The topological polar surface area (TPSA) is 48.4 Å². The third kappa shape index (κ3) is 5.84. The summed E-state index contributed by atoms with van der Waals surface area (Å²) in [5.74, 6) is 1.19. The monoisotopic (exact) mass is 491 g/mol. The molecule has 4 nitrogen and oxygen atoms in total. The second kappa shape index (κ2) is 10.3. The molecule has 0 bridgehead atoms. The van der Waals surface area contributed by atoms with Gasteiger partial charge in [-0.15, -0.1) is 23.1 Å². The Morgan fingerprint density at radius 1 is 1.17 bits per heavy atom. The Bertz CT molecular complexity index is 986. The van der Waals surface area contributed by atoms with Crippen LogP contribution in [0, 0.1) is 13.8 Å². The lowest BCUT2D eigenvalue weighted by Crippen LogP contribution is -2.15. The molecule has 152 valence electrons. The fourth-order valence-electron chi connectivity index (χ4n) is 2.67. The van der Waals surface area contributed by atoms with Crippen LogP contribution < -0.4 is 4.74 Å². The Morgan fingerprint density at radius 2 is 1.93 bits per heavy atom. The van der Waals surface area contributed by atoms with Gasteiger partial charge in [0.1, 0.15) is 10.8 Å². The van der Waals surface area contributed by atoms with Crippen molar-refractivity contribution in [3.63, 3.8) is 0 Å². The molecule has 0 fully saturated rings. The summed E-state index contributed by atoms with van der Waals surface area (Å²) in [7, 11) is 0. The van der Waals surface area contributed by atoms with Gasteiger partial charge in [-0.3, -0.25) is 0 Å². The highest BCUT2D eigenvalue weighted by Gasteiger charge is 2.13. The minimum atomic E-state index is -0.356. The first kappa shape index (κ1) is 21.9. The quantitative estimate of drug-likeness (QED) is 0.268. The van der Waals surface area contributed by atoms with E-state index in [-0.39, 0.29) is 12.6 Å². The summed E-state index contributed by atoms with van der Waals surface area (Å²) in [4.78, 5) is 18.7. The minimum Gasteiger partial charge on any atom is -0.482 e. The first-order valence-electron chi connectivity index (χ1n) is 9.21. The highest BCUT2D eigenvalue weighted by atomic mass is 79.9. The number of esters is 1. The molecule has 29 heavy (non-hydrogen) atoms. The van der Waals surface area contributed by atoms with Crippen LogP contribution in [-0.2, 0) is 15.3 Å². The van der Waals surface area contributed by atoms with Crippen LogP contribution in [0.2, 0.25) is 0 Å². The number of rotatable bonds is 8. The molecule has 0 aliphatic heterocycles. The number of aromatic nitrogens is 1. The molecule has 2 aromatic carbocycles. The maximum absolute atomic E-state index is 11.5. The zero-order chi connectivity index (χ0) is 20.8. The van der Waals surface area contributed by atoms with Crippen molar-refractivity contribution in [3.8, 4) is 16.3 Å². The molecule has 0 N–H and O–H groups in total. The molecule has 7 heteroatoms. The van der Waals surface area contributed by atoms with Crippen molar-refractivity contribution < 1.29 is 14.3 Å². The third-order valence-electron chi connectivity index (χ3n) is 4.23. The van der Waals surface area contributed by atoms with E-state index in [4.69, 9.17) is 14.5 Å². The van der Waals surface area contributed by atoms with Crippen LogP contribution in [0.1, 0.15) is 23.1 Å². The molecule has 3 rings (SSSR count). The van der Waals surface area contributed by atoms with Gasteiger partial charge < -0.3 is 9.47 Å². The number of ether oxygens (including phenoxy) is 2. The molecule has 0 radical (unpaired) electrons. The summed E-state index contributed by atoms with van der Waals surface area (Å²) in [5.41, 5.74) is 3.22. The smallest absolute Gasteiger partial charge is 0.344 e. The second-order valence-corrected chi connectivity index (χ2v) is 9.31.